The van der Waals surface area contributed by atoms with Crippen LogP contribution in [0, 0.1) is 20.2 Å². The highest BCUT2D eigenvalue weighted by Crippen LogP contribution is 2.23. The summed E-state index contributed by atoms with van der Waals surface area (Å²) in [5.74, 6) is -1.06. The topological polar surface area (TPSA) is 179 Å². The molecule has 0 aliphatic carbocycles. The highest BCUT2D eigenvalue weighted by molar-refractivity contribution is 7.91. The molecular formula is C26H18N4O8S. The van der Waals surface area contributed by atoms with E-state index in [1.807, 2.05) is 0 Å². The van der Waals surface area contributed by atoms with Crippen molar-refractivity contribution in [1.29, 1.82) is 0 Å². The number of nitrogens with zero attached hydrogens (tertiary/aromatic N) is 2. The van der Waals surface area contributed by atoms with E-state index in [4.69, 9.17) is 0 Å². The molecule has 0 radical (unpaired) electrons. The summed E-state index contributed by atoms with van der Waals surface area (Å²) in [5, 5.41) is 26.6. The number of rotatable bonds is 8. The van der Waals surface area contributed by atoms with Crippen molar-refractivity contribution in [2.24, 2.45) is 0 Å². The van der Waals surface area contributed by atoms with Crippen molar-refractivity contribution in [2.75, 3.05) is 10.6 Å². The molecule has 0 unspecified atom stereocenters. The zero-order chi connectivity index (χ0) is 28.2. The molecule has 0 aliphatic heterocycles. The summed E-state index contributed by atoms with van der Waals surface area (Å²) in [7, 11) is -3.96. The number of carbonyl (C=O) groups is 2. The Kier molecular flexibility index (Phi) is 7.44. The van der Waals surface area contributed by atoms with E-state index in [2.05, 4.69) is 10.6 Å². The van der Waals surface area contributed by atoms with E-state index in [-0.39, 0.29) is 32.3 Å². The highest BCUT2D eigenvalue weighted by atomic mass is 32.2. The fourth-order valence-electron chi connectivity index (χ4n) is 3.45. The summed E-state index contributed by atoms with van der Waals surface area (Å²) in [6.07, 6.45) is 0. The van der Waals surface area contributed by atoms with Crippen LogP contribution in [0.1, 0.15) is 20.7 Å². The molecule has 2 N–H and O–H groups in total. The molecule has 2 amide bonds. The lowest BCUT2D eigenvalue weighted by Gasteiger charge is -2.09. The van der Waals surface area contributed by atoms with E-state index in [0.29, 0.717) is 11.4 Å². The lowest BCUT2D eigenvalue weighted by Crippen LogP contribution is -2.13. The Hall–Kier alpha value is -5.43. The molecule has 0 saturated heterocycles. The van der Waals surface area contributed by atoms with E-state index < -0.39 is 31.5 Å². The molecule has 0 aromatic heterocycles. The Balaban J connectivity index is 1.43. The molecule has 0 heterocycles. The maximum atomic E-state index is 13.0. The monoisotopic (exact) mass is 546 g/mol. The lowest BCUT2D eigenvalue weighted by molar-refractivity contribution is -0.385. The van der Waals surface area contributed by atoms with Crippen LogP contribution in [0.3, 0.4) is 0 Å². The zero-order valence-electron chi connectivity index (χ0n) is 19.8. The average molecular weight is 547 g/mol. The van der Waals surface area contributed by atoms with Crippen LogP contribution in [0.2, 0.25) is 0 Å². The Morgan fingerprint density at radius 2 is 0.846 bits per heavy atom. The number of anilines is 2. The van der Waals surface area contributed by atoms with Gasteiger partial charge in [-0.15, -0.1) is 0 Å². The number of sulfone groups is 1. The molecular weight excluding hydrogens is 528 g/mol. The van der Waals surface area contributed by atoms with Crippen LogP contribution >= 0.6 is 0 Å². The normalized spacial score (nSPS) is 10.9. The Morgan fingerprint density at radius 1 is 0.538 bits per heavy atom. The van der Waals surface area contributed by atoms with Gasteiger partial charge in [0.15, 0.2) is 0 Å². The first-order chi connectivity index (χ1) is 18.5. The van der Waals surface area contributed by atoms with E-state index in [1.54, 1.807) is 0 Å². The highest BCUT2D eigenvalue weighted by Gasteiger charge is 2.19. The molecule has 13 heteroatoms. The van der Waals surface area contributed by atoms with Gasteiger partial charge in [0.05, 0.1) is 19.6 Å². The van der Waals surface area contributed by atoms with Gasteiger partial charge in [-0.2, -0.15) is 0 Å². The molecule has 4 aromatic carbocycles. The second-order valence-electron chi connectivity index (χ2n) is 8.07. The van der Waals surface area contributed by atoms with Gasteiger partial charge in [0, 0.05) is 46.8 Å². The third kappa shape index (κ3) is 6.11. The first-order valence-electron chi connectivity index (χ1n) is 11.1. The second-order valence-corrected chi connectivity index (χ2v) is 10.0. The maximum absolute atomic E-state index is 13.0. The van der Waals surface area contributed by atoms with Crippen LogP contribution in [-0.4, -0.2) is 30.1 Å². The van der Waals surface area contributed by atoms with Gasteiger partial charge in [-0.25, -0.2) is 8.42 Å². The van der Waals surface area contributed by atoms with Crippen LogP contribution in [0.5, 0.6) is 0 Å². The van der Waals surface area contributed by atoms with Crippen LogP contribution < -0.4 is 10.6 Å². The number of nitrogens with one attached hydrogen (secondary N) is 2. The maximum Gasteiger partial charge on any atom is 0.269 e. The van der Waals surface area contributed by atoms with Crippen molar-refractivity contribution in [3.63, 3.8) is 0 Å². The fraction of sp³-hybridized carbons (Fsp3) is 0. The fourth-order valence-corrected chi connectivity index (χ4v) is 4.71. The SMILES string of the molecule is O=C(Nc1ccc([N+](=O)[O-])cc1)c1ccc(S(=O)(=O)c2ccc(C(=O)Nc3ccc([N+](=O)[O-])cc3)cc2)cc1. The molecule has 4 aromatic rings. The molecule has 0 fully saturated rings. The number of hydrogen-bond donors (Lipinski definition) is 2. The first-order valence-corrected chi connectivity index (χ1v) is 12.6. The largest absolute Gasteiger partial charge is 0.322 e. The van der Waals surface area contributed by atoms with E-state index >= 15 is 0 Å². The van der Waals surface area contributed by atoms with Crippen LogP contribution in [0.15, 0.2) is 107 Å². The minimum absolute atomic E-state index is 0.0718. The smallest absolute Gasteiger partial charge is 0.269 e. The summed E-state index contributed by atoms with van der Waals surface area (Å²) in [5.41, 5.74) is 0.762. The minimum Gasteiger partial charge on any atom is -0.322 e. The Labute approximate surface area is 221 Å². The van der Waals surface area contributed by atoms with Crippen molar-refractivity contribution >= 4 is 44.4 Å². The van der Waals surface area contributed by atoms with Crippen LogP contribution in [0.25, 0.3) is 0 Å². The van der Waals surface area contributed by atoms with Gasteiger partial charge in [0.2, 0.25) is 9.84 Å². The van der Waals surface area contributed by atoms with E-state index in [9.17, 15) is 38.2 Å². The number of carbonyl (C=O) groups excluding carboxylic acids is 2. The van der Waals surface area contributed by atoms with E-state index in [1.165, 1.54) is 97.1 Å². The minimum atomic E-state index is -3.96. The number of hydrogen-bond acceptors (Lipinski definition) is 8. The molecule has 0 saturated carbocycles. The third-order valence-corrected chi connectivity index (χ3v) is 7.31. The Bertz CT molecular complexity index is 1550. The average Bonchev–Trinajstić information content (AvgIpc) is 2.93. The zero-order valence-corrected chi connectivity index (χ0v) is 20.6. The molecule has 0 bridgehead atoms. The molecule has 4 rings (SSSR count). The molecule has 12 nitrogen and oxygen atoms in total. The van der Waals surface area contributed by atoms with Crippen molar-refractivity contribution in [3.05, 3.63) is 128 Å². The van der Waals surface area contributed by atoms with Crippen molar-refractivity contribution in [3.8, 4) is 0 Å². The van der Waals surface area contributed by atoms with Crippen LogP contribution in [-0.2, 0) is 9.84 Å². The molecule has 39 heavy (non-hydrogen) atoms. The lowest BCUT2D eigenvalue weighted by atomic mass is 10.2. The number of nitro benzene ring substituents is 2. The summed E-state index contributed by atoms with van der Waals surface area (Å²) in [6.45, 7) is 0. The van der Waals surface area contributed by atoms with Gasteiger partial charge in [-0.1, -0.05) is 0 Å². The van der Waals surface area contributed by atoms with Crippen LogP contribution in [0.4, 0.5) is 22.7 Å². The predicted octanol–water partition coefficient (Wildman–Crippen LogP) is 4.84. The van der Waals surface area contributed by atoms with Gasteiger partial charge in [-0.3, -0.25) is 29.8 Å². The van der Waals surface area contributed by atoms with Gasteiger partial charge < -0.3 is 10.6 Å². The standard InChI is InChI=1S/C26H18N4O8S/c31-25(27-19-5-9-21(10-6-19)29(33)34)17-1-13-23(14-2-17)39(37,38)24-15-3-18(4-16-24)26(32)28-20-7-11-22(12-8-20)30(35)36/h1-16H,(H,27,31)(H,28,32). The Morgan fingerprint density at radius 3 is 1.13 bits per heavy atom. The molecule has 0 atom stereocenters. The number of nitro groups is 2. The molecule has 0 aliphatic rings. The van der Waals surface area contributed by atoms with Crippen molar-refractivity contribution in [2.45, 2.75) is 9.79 Å². The summed E-state index contributed by atoms with van der Waals surface area (Å²) in [6, 6.07) is 20.9. The second kappa shape index (κ2) is 10.9. The first kappa shape index (κ1) is 26.6. The summed E-state index contributed by atoms with van der Waals surface area (Å²) >= 11 is 0. The van der Waals surface area contributed by atoms with Gasteiger partial charge in [0.1, 0.15) is 0 Å². The number of benzene rings is 4. The van der Waals surface area contributed by atoms with Gasteiger partial charge >= 0.3 is 0 Å². The molecule has 196 valence electrons. The predicted molar refractivity (Wildman–Crippen MR) is 140 cm³/mol. The third-order valence-electron chi connectivity index (χ3n) is 5.53. The number of non-ortho nitro benzene ring substituents is 2. The summed E-state index contributed by atoms with van der Waals surface area (Å²) in [4.78, 5) is 45.2. The summed E-state index contributed by atoms with van der Waals surface area (Å²) < 4.78 is 26.1. The van der Waals surface area contributed by atoms with Gasteiger partial charge in [0.25, 0.3) is 23.2 Å². The number of amides is 2. The quantitative estimate of drug-likeness (QED) is 0.233. The van der Waals surface area contributed by atoms with Crippen molar-refractivity contribution < 1.29 is 27.9 Å². The van der Waals surface area contributed by atoms with Gasteiger partial charge in [-0.05, 0) is 72.8 Å². The van der Waals surface area contributed by atoms with Crippen molar-refractivity contribution in [1.82, 2.24) is 0 Å². The molecule has 0 spiro atoms. The van der Waals surface area contributed by atoms with E-state index in [0.717, 1.165) is 0 Å².